The number of rotatable bonds is 5. The van der Waals surface area contributed by atoms with Gasteiger partial charge in [-0.05, 0) is 24.3 Å². The fraction of sp³-hybridized carbons (Fsp3) is 0.250. The topological polar surface area (TPSA) is 45.2 Å². The minimum absolute atomic E-state index is 0.112. The van der Waals surface area contributed by atoms with Crippen molar-refractivity contribution in [2.24, 2.45) is 0 Å². The minimum Gasteiger partial charge on any atom is -0.338 e. The predicted octanol–water partition coefficient (Wildman–Crippen LogP) is 3.26. The van der Waals surface area contributed by atoms with Gasteiger partial charge in [0.2, 0.25) is 0 Å². The van der Waals surface area contributed by atoms with Crippen LogP contribution in [-0.2, 0) is 13.0 Å². The second-order valence-corrected chi connectivity index (χ2v) is 5.27. The normalized spacial score (nSPS) is 10.3. The number of amides is 2. The molecule has 22 heavy (non-hydrogen) atoms. The summed E-state index contributed by atoms with van der Waals surface area (Å²) < 4.78 is 13.7. The lowest BCUT2D eigenvalue weighted by atomic mass is 10.2. The molecule has 0 radical (unpaired) electrons. The molecular weight excluding hydrogens is 305 g/mol. The van der Waals surface area contributed by atoms with Crippen molar-refractivity contribution < 1.29 is 9.18 Å². The first-order chi connectivity index (χ1) is 10.6. The molecule has 6 heteroatoms. The Kier molecular flexibility index (Phi) is 5.72. The standard InChI is InChI=1S/C16H17ClFN3O/c1-21(11-13-14(17)6-4-7-15(13)18)16(22)20-10-8-12-5-2-3-9-19-12/h2-7,9H,8,10-11H2,1H3,(H,20,22). The Balaban J connectivity index is 1.85. The van der Waals surface area contributed by atoms with Gasteiger partial charge in [-0.2, -0.15) is 0 Å². The number of aromatic nitrogens is 1. The lowest BCUT2D eigenvalue weighted by Crippen LogP contribution is -2.38. The molecule has 0 spiro atoms. The molecule has 0 unspecified atom stereocenters. The molecular formula is C16H17ClFN3O. The van der Waals surface area contributed by atoms with E-state index < -0.39 is 5.82 Å². The van der Waals surface area contributed by atoms with Crippen molar-refractivity contribution in [3.05, 3.63) is 64.7 Å². The SMILES string of the molecule is CN(Cc1c(F)cccc1Cl)C(=O)NCCc1ccccn1. The second kappa shape index (κ2) is 7.75. The van der Waals surface area contributed by atoms with Gasteiger partial charge in [0, 0.05) is 42.5 Å². The zero-order chi connectivity index (χ0) is 15.9. The maximum atomic E-state index is 13.7. The maximum absolute atomic E-state index is 13.7. The Hall–Kier alpha value is -2.14. The van der Waals surface area contributed by atoms with Gasteiger partial charge in [0.25, 0.3) is 0 Å². The Labute approximate surface area is 133 Å². The molecule has 1 N–H and O–H groups in total. The summed E-state index contributed by atoms with van der Waals surface area (Å²) in [5.74, 6) is -0.416. The number of halogens is 2. The van der Waals surface area contributed by atoms with E-state index in [-0.39, 0.29) is 12.6 Å². The van der Waals surface area contributed by atoms with E-state index in [1.54, 1.807) is 19.3 Å². The van der Waals surface area contributed by atoms with E-state index in [4.69, 9.17) is 11.6 Å². The molecule has 1 heterocycles. The van der Waals surface area contributed by atoms with Gasteiger partial charge in [-0.25, -0.2) is 9.18 Å². The summed E-state index contributed by atoms with van der Waals surface area (Å²) in [5, 5.41) is 3.08. The Morgan fingerprint density at radius 3 is 2.82 bits per heavy atom. The first-order valence-electron chi connectivity index (χ1n) is 6.89. The highest BCUT2D eigenvalue weighted by atomic mass is 35.5. The highest BCUT2D eigenvalue weighted by Crippen LogP contribution is 2.20. The average molecular weight is 322 g/mol. The molecule has 1 aromatic carbocycles. The second-order valence-electron chi connectivity index (χ2n) is 4.86. The Morgan fingerprint density at radius 2 is 2.14 bits per heavy atom. The molecule has 0 saturated carbocycles. The van der Waals surface area contributed by atoms with Crippen molar-refractivity contribution in [2.45, 2.75) is 13.0 Å². The average Bonchev–Trinajstić information content (AvgIpc) is 2.52. The van der Waals surface area contributed by atoms with Crippen molar-refractivity contribution in [3.8, 4) is 0 Å². The van der Waals surface area contributed by atoms with Gasteiger partial charge in [0.05, 0.1) is 6.54 Å². The number of hydrogen-bond donors (Lipinski definition) is 1. The van der Waals surface area contributed by atoms with Crippen molar-refractivity contribution in [2.75, 3.05) is 13.6 Å². The highest BCUT2D eigenvalue weighted by molar-refractivity contribution is 6.31. The van der Waals surface area contributed by atoms with Crippen LogP contribution in [-0.4, -0.2) is 29.5 Å². The quantitative estimate of drug-likeness (QED) is 0.918. The number of hydrogen-bond acceptors (Lipinski definition) is 2. The number of carbonyl (C=O) groups is 1. The van der Waals surface area contributed by atoms with Gasteiger partial charge in [-0.1, -0.05) is 23.7 Å². The lowest BCUT2D eigenvalue weighted by Gasteiger charge is -2.19. The van der Waals surface area contributed by atoms with E-state index in [0.717, 1.165) is 5.69 Å². The lowest BCUT2D eigenvalue weighted by molar-refractivity contribution is 0.206. The largest absolute Gasteiger partial charge is 0.338 e. The molecule has 1 aromatic heterocycles. The van der Waals surface area contributed by atoms with Gasteiger partial charge in [0.15, 0.2) is 0 Å². The van der Waals surface area contributed by atoms with Crippen molar-refractivity contribution in [1.29, 1.82) is 0 Å². The number of carbonyl (C=O) groups excluding carboxylic acids is 1. The van der Waals surface area contributed by atoms with Crippen LogP contribution in [0.15, 0.2) is 42.6 Å². The number of nitrogens with zero attached hydrogens (tertiary/aromatic N) is 2. The van der Waals surface area contributed by atoms with Crippen LogP contribution in [0.1, 0.15) is 11.3 Å². The zero-order valence-corrected chi connectivity index (χ0v) is 13.0. The summed E-state index contributed by atoms with van der Waals surface area (Å²) in [6.07, 6.45) is 2.35. The maximum Gasteiger partial charge on any atom is 0.317 e. The number of urea groups is 1. The van der Waals surface area contributed by atoms with E-state index in [1.165, 1.54) is 17.0 Å². The van der Waals surface area contributed by atoms with Crippen LogP contribution >= 0.6 is 11.6 Å². The number of pyridine rings is 1. The van der Waals surface area contributed by atoms with Crippen molar-refractivity contribution in [3.63, 3.8) is 0 Å². The Morgan fingerprint density at radius 1 is 1.32 bits per heavy atom. The Bertz CT molecular complexity index is 616. The van der Waals surface area contributed by atoms with Crippen LogP contribution in [0.3, 0.4) is 0 Å². The third-order valence-corrected chi connectivity index (χ3v) is 3.54. The van der Waals surface area contributed by atoms with E-state index in [2.05, 4.69) is 10.3 Å². The fourth-order valence-corrected chi connectivity index (χ4v) is 2.19. The molecule has 0 aliphatic rings. The molecule has 0 aliphatic heterocycles. The summed E-state index contributed by atoms with van der Waals surface area (Å²) in [6.45, 7) is 0.576. The van der Waals surface area contributed by atoms with Crippen LogP contribution in [0.25, 0.3) is 0 Å². The molecule has 0 atom stereocenters. The first kappa shape index (κ1) is 16.2. The summed E-state index contributed by atoms with van der Waals surface area (Å²) >= 11 is 5.96. The van der Waals surface area contributed by atoms with Crippen LogP contribution in [0.4, 0.5) is 9.18 Å². The predicted molar refractivity (Wildman–Crippen MR) is 84.2 cm³/mol. The third-order valence-electron chi connectivity index (χ3n) is 3.19. The van der Waals surface area contributed by atoms with Gasteiger partial charge < -0.3 is 10.2 Å². The molecule has 2 aromatic rings. The van der Waals surface area contributed by atoms with E-state index in [9.17, 15) is 9.18 Å². The molecule has 2 rings (SSSR count). The van der Waals surface area contributed by atoms with Crippen molar-refractivity contribution in [1.82, 2.24) is 15.2 Å². The van der Waals surface area contributed by atoms with E-state index >= 15 is 0 Å². The molecule has 0 bridgehead atoms. The summed E-state index contributed by atoms with van der Waals surface area (Å²) in [4.78, 5) is 17.6. The van der Waals surface area contributed by atoms with Gasteiger partial charge in [-0.3, -0.25) is 4.98 Å². The smallest absolute Gasteiger partial charge is 0.317 e. The zero-order valence-electron chi connectivity index (χ0n) is 12.2. The van der Waals surface area contributed by atoms with Gasteiger partial charge in [-0.15, -0.1) is 0 Å². The summed E-state index contributed by atoms with van der Waals surface area (Å²) in [5.41, 5.74) is 1.22. The van der Waals surface area contributed by atoms with Gasteiger partial charge >= 0.3 is 6.03 Å². The molecule has 0 saturated heterocycles. The van der Waals surface area contributed by atoms with Crippen LogP contribution in [0.5, 0.6) is 0 Å². The highest BCUT2D eigenvalue weighted by Gasteiger charge is 2.13. The minimum atomic E-state index is -0.416. The first-order valence-corrected chi connectivity index (χ1v) is 7.27. The fourth-order valence-electron chi connectivity index (χ4n) is 1.97. The number of nitrogens with one attached hydrogen (secondary N) is 1. The van der Waals surface area contributed by atoms with Crippen LogP contribution < -0.4 is 5.32 Å². The van der Waals surface area contributed by atoms with Gasteiger partial charge in [0.1, 0.15) is 5.82 Å². The monoisotopic (exact) mass is 321 g/mol. The summed E-state index contributed by atoms with van der Waals surface area (Å²) in [7, 11) is 1.60. The van der Waals surface area contributed by atoms with Crippen LogP contribution in [0, 0.1) is 5.82 Å². The van der Waals surface area contributed by atoms with Crippen LogP contribution in [0.2, 0.25) is 5.02 Å². The van der Waals surface area contributed by atoms with E-state index in [1.807, 2.05) is 18.2 Å². The van der Waals surface area contributed by atoms with Crippen molar-refractivity contribution >= 4 is 17.6 Å². The molecule has 0 fully saturated rings. The molecule has 4 nitrogen and oxygen atoms in total. The van der Waals surface area contributed by atoms with E-state index in [0.29, 0.717) is 23.6 Å². The molecule has 116 valence electrons. The molecule has 0 aliphatic carbocycles. The summed E-state index contributed by atoms with van der Waals surface area (Å²) in [6, 6.07) is 9.82. The molecule has 2 amide bonds. The number of benzene rings is 1. The third kappa shape index (κ3) is 4.43.